The third-order valence-corrected chi connectivity index (χ3v) is 5.81. The zero-order chi connectivity index (χ0) is 22.4. The van der Waals surface area contributed by atoms with Gasteiger partial charge >= 0.3 is 0 Å². The molecule has 3 aromatic rings. The molecule has 2 aliphatic rings. The Hall–Kier alpha value is -3.76. The number of hydrogen-bond acceptors (Lipinski definition) is 7. The quantitative estimate of drug-likeness (QED) is 0.615. The molecule has 2 atom stereocenters. The number of likely N-dealkylation sites (tertiary alicyclic amines) is 1. The lowest BCUT2D eigenvalue weighted by atomic mass is 10.00. The van der Waals surface area contributed by atoms with E-state index in [0.29, 0.717) is 25.3 Å². The van der Waals surface area contributed by atoms with Crippen molar-refractivity contribution in [1.29, 1.82) is 0 Å². The lowest BCUT2D eigenvalue weighted by molar-refractivity contribution is 0.0778. The number of carbonyl (C=O) groups is 1. The van der Waals surface area contributed by atoms with Crippen LogP contribution in [0.15, 0.2) is 30.7 Å². The zero-order valence-electron chi connectivity index (χ0n) is 17.4. The van der Waals surface area contributed by atoms with Crippen LogP contribution in [0.3, 0.4) is 0 Å². The fourth-order valence-electron chi connectivity index (χ4n) is 4.29. The number of fused-ring (bicyclic) bond motifs is 1. The Balaban J connectivity index is 1.38. The zero-order valence-corrected chi connectivity index (χ0v) is 17.4. The smallest absolute Gasteiger partial charge is 0.274 e. The number of carbonyl (C=O) groups excluding carboxylic acids is 1. The van der Waals surface area contributed by atoms with E-state index in [4.69, 9.17) is 4.74 Å². The number of halogens is 2. The SMILES string of the molecule is COc1nc(C2=CC3CN(C(=O)c4ncc(F)cc4-n4nccn4)CC3C2)nc(C)c1F. The third-order valence-electron chi connectivity index (χ3n) is 5.81. The first-order valence-electron chi connectivity index (χ1n) is 10.0. The fourth-order valence-corrected chi connectivity index (χ4v) is 4.29. The first kappa shape index (κ1) is 20.2. The van der Waals surface area contributed by atoms with Crippen molar-refractivity contribution in [2.75, 3.05) is 20.2 Å². The summed E-state index contributed by atoms with van der Waals surface area (Å²) >= 11 is 0. The maximum absolute atomic E-state index is 14.0. The van der Waals surface area contributed by atoms with Gasteiger partial charge in [-0.15, -0.1) is 4.80 Å². The highest BCUT2D eigenvalue weighted by Crippen LogP contribution is 2.41. The molecule has 0 aromatic carbocycles. The molecule has 0 bridgehead atoms. The van der Waals surface area contributed by atoms with E-state index in [-0.39, 0.29) is 40.7 Å². The number of ether oxygens (including phenoxy) is 1. The number of pyridine rings is 1. The van der Waals surface area contributed by atoms with Crippen molar-refractivity contribution >= 4 is 11.5 Å². The average Bonchev–Trinajstić information content (AvgIpc) is 3.51. The van der Waals surface area contributed by atoms with Crippen LogP contribution in [0.1, 0.15) is 28.4 Å². The molecule has 0 radical (unpaired) electrons. The normalized spacial score (nSPS) is 19.8. The number of hydrogen-bond donors (Lipinski definition) is 0. The molecule has 32 heavy (non-hydrogen) atoms. The molecule has 11 heteroatoms. The number of methoxy groups -OCH3 is 1. The van der Waals surface area contributed by atoms with Gasteiger partial charge in [-0.2, -0.15) is 19.6 Å². The van der Waals surface area contributed by atoms with Gasteiger partial charge in [-0.25, -0.2) is 14.4 Å². The highest BCUT2D eigenvalue weighted by atomic mass is 19.1. The number of aryl methyl sites for hydroxylation is 1. The number of aromatic nitrogens is 6. The Kier molecular flexibility index (Phi) is 4.87. The Morgan fingerprint density at radius 2 is 1.97 bits per heavy atom. The molecule has 0 saturated carbocycles. The summed E-state index contributed by atoms with van der Waals surface area (Å²) in [5.41, 5.74) is 1.42. The summed E-state index contributed by atoms with van der Waals surface area (Å²) in [6.45, 7) is 2.56. The Morgan fingerprint density at radius 1 is 1.19 bits per heavy atom. The largest absolute Gasteiger partial charge is 0.479 e. The van der Waals surface area contributed by atoms with Gasteiger partial charge in [0.15, 0.2) is 11.5 Å². The lowest BCUT2D eigenvalue weighted by Gasteiger charge is -2.18. The van der Waals surface area contributed by atoms with Crippen molar-refractivity contribution in [2.45, 2.75) is 13.3 Å². The number of nitrogens with zero attached hydrogens (tertiary/aromatic N) is 7. The molecule has 9 nitrogen and oxygen atoms in total. The third kappa shape index (κ3) is 3.39. The second-order valence-electron chi connectivity index (χ2n) is 7.83. The standard InChI is InChI=1S/C21H19F2N7O2/c1-11-17(23)20(32-2)28-19(27-11)12-5-13-9-29(10-14(13)6-12)21(31)18-16(7-15(22)8-24-18)30-25-3-4-26-30/h3-5,7-8,13-14H,6,9-10H2,1-2H3. The van der Waals surface area contributed by atoms with Crippen molar-refractivity contribution in [1.82, 2.24) is 34.8 Å². The van der Waals surface area contributed by atoms with Gasteiger partial charge in [0.1, 0.15) is 11.5 Å². The van der Waals surface area contributed by atoms with Crippen molar-refractivity contribution in [2.24, 2.45) is 11.8 Å². The van der Waals surface area contributed by atoms with Gasteiger partial charge < -0.3 is 9.64 Å². The van der Waals surface area contributed by atoms with E-state index in [2.05, 4.69) is 25.1 Å². The van der Waals surface area contributed by atoms with Crippen LogP contribution in [0, 0.1) is 30.4 Å². The van der Waals surface area contributed by atoms with Gasteiger partial charge in [0, 0.05) is 19.2 Å². The maximum Gasteiger partial charge on any atom is 0.274 e. The Morgan fingerprint density at radius 3 is 2.69 bits per heavy atom. The fraction of sp³-hybridized carbons (Fsp3) is 0.333. The molecule has 2 unspecified atom stereocenters. The minimum Gasteiger partial charge on any atom is -0.479 e. The second-order valence-corrected chi connectivity index (χ2v) is 7.83. The average molecular weight is 439 g/mol. The molecule has 0 N–H and O–H groups in total. The summed E-state index contributed by atoms with van der Waals surface area (Å²) in [6.07, 6.45) is 6.60. The topological polar surface area (TPSA) is 98.9 Å². The van der Waals surface area contributed by atoms with Gasteiger partial charge in [0.25, 0.3) is 11.8 Å². The molecule has 1 aliphatic carbocycles. The highest BCUT2D eigenvalue weighted by Gasteiger charge is 2.40. The van der Waals surface area contributed by atoms with E-state index in [1.807, 2.05) is 6.08 Å². The molecule has 1 saturated heterocycles. The molecular weight excluding hydrogens is 420 g/mol. The van der Waals surface area contributed by atoms with Crippen molar-refractivity contribution in [3.63, 3.8) is 0 Å². The predicted octanol–water partition coefficient (Wildman–Crippen LogP) is 2.22. The van der Waals surface area contributed by atoms with E-state index in [9.17, 15) is 13.6 Å². The van der Waals surface area contributed by atoms with Gasteiger partial charge in [0.2, 0.25) is 5.82 Å². The van der Waals surface area contributed by atoms with Crippen molar-refractivity contribution in [3.05, 3.63) is 59.6 Å². The highest BCUT2D eigenvalue weighted by molar-refractivity contribution is 5.96. The van der Waals surface area contributed by atoms with E-state index in [0.717, 1.165) is 11.8 Å². The molecule has 1 fully saturated rings. The van der Waals surface area contributed by atoms with Crippen molar-refractivity contribution in [3.8, 4) is 11.6 Å². The van der Waals surface area contributed by atoms with Crippen LogP contribution < -0.4 is 4.74 Å². The van der Waals surface area contributed by atoms with E-state index < -0.39 is 11.6 Å². The molecule has 1 aliphatic heterocycles. The van der Waals surface area contributed by atoms with Crippen LogP contribution in [0.25, 0.3) is 11.3 Å². The summed E-state index contributed by atoms with van der Waals surface area (Å²) < 4.78 is 32.8. The Labute approximate surface area is 181 Å². The first-order valence-corrected chi connectivity index (χ1v) is 10.0. The van der Waals surface area contributed by atoms with Gasteiger partial charge in [-0.1, -0.05) is 6.08 Å². The summed E-state index contributed by atoms with van der Waals surface area (Å²) in [5.74, 6) is -0.797. The summed E-state index contributed by atoms with van der Waals surface area (Å²) in [5, 5.41) is 7.99. The summed E-state index contributed by atoms with van der Waals surface area (Å²) in [4.78, 5) is 28.5. The monoisotopic (exact) mass is 439 g/mol. The van der Waals surface area contributed by atoms with Gasteiger partial charge in [-0.3, -0.25) is 4.79 Å². The van der Waals surface area contributed by atoms with E-state index in [1.165, 1.54) is 30.4 Å². The van der Waals surface area contributed by atoms with Crippen LogP contribution >= 0.6 is 0 Å². The Bertz CT molecular complexity index is 1230. The van der Waals surface area contributed by atoms with Gasteiger partial charge in [-0.05, 0) is 30.8 Å². The summed E-state index contributed by atoms with van der Waals surface area (Å²) in [7, 11) is 1.37. The molecular formula is C21H19F2N7O2. The molecule has 3 aromatic heterocycles. The van der Waals surface area contributed by atoms with Gasteiger partial charge in [0.05, 0.1) is 31.4 Å². The number of amides is 1. The minimum absolute atomic E-state index is 0.0793. The number of allylic oxidation sites excluding steroid dienone is 1. The molecule has 5 rings (SSSR count). The predicted molar refractivity (Wildman–Crippen MR) is 108 cm³/mol. The minimum atomic E-state index is -0.579. The molecule has 1 amide bonds. The van der Waals surface area contributed by atoms with Crippen molar-refractivity contribution < 1.29 is 18.3 Å². The van der Waals surface area contributed by atoms with Crippen LogP contribution in [0.2, 0.25) is 0 Å². The molecule has 0 spiro atoms. The van der Waals surface area contributed by atoms with E-state index in [1.54, 1.807) is 11.8 Å². The summed E-state index contributed by atoms with van der Waals surface area (Å²) in [6, 6.07) is 1.19. The first-order chi connectivity index (χ1) is 15.4. The van der Waals surface area contributed by atoms with Crippen LogP contribution in [0.5, 0.6) is 5.88 Å². The second kappa shape index (κ2) is 7.74. The van der Waals surface area contributed by atoms with Crippen LogP contribution in [-0.2, 0) is 0 Å². The lowest BCUT2D eigenvalue weighted by Crippen LogP contribution is -2.31. The molecule has 164 valence electrons. The number of rotatable bonds is 4. The molecule has 4 heterocycles. The van der Waals surface area contributed by atoms with E-state index >= 15 is 0 Å². The maximum atomic E-state index is 14.0. The van der Waals surface area contributed by atoms with Crippen LogP contribution in [-0.4, -0.2) is 61.0 Å². The van der Waals surface area contributed by atoms with Crippen LogP contribution in [0.4, 0.5) is 8.78 Å².